The number of hydrogen-bond donors (Lipinski definition) is 1. The molecule has 0 spiro atoms. The highest BCUT2D eigenvalue weighted by atomic mass is 16.1. The molecule has 4 rings (SSSR count). The van der Waals surface area contributed by atoms with Crippen molar-refractivity contribution in [3.05, 3.63) is 71.5 Å². The molecular weight excluding hydrogens is 362 g/mol. The van der Waals surface area contributed by atoms with E-state index < -0.39 is 0 Å². The minimum absolute atomic E-state index is 0.0586. The molecule has 1 aliphatic carbocycles. The van der Waals surface area contributed by atoms with E-state index in [0.717, 1.165) is 17.7 Å². The molecule has 1 aromatic heterocycles. The first-order chi connectivity index (χ1) is 14.1. The van der Waals surface area contributed by atoms with Crippen LogP contribution in [0.2, 0.25) is 0 Å². The summed E-state index contributed by atoms with van der Waals surface area (Å²) in [7, 11) is 0. The van der Waals surface area contributed by atoms with Crippen molar-refractivity contribution in [2.24, 2.45) is 11.8 Å². The first-order valence-electron chi connectivity index (χ1n) is 10.3. The van der Waals surface area contributed by atoms with Gasteiger partial charge in [0, 0.05) is 0 Å². The number of aromatic nitrogens is 4. The van der Waals surface area contributed by atoms with Gasteiger partial charge in [-0.1, -0.05) is 50.2 Å². The smallest absolute Gasteiger partial charge is 0.224 e. The van der Waals surface area contributed by atoms with Crippen LogP contribution in [0, 0.1) is 11.8 Å². The molecule has 6 heteroatoms. The van der Waals surface area contributed by atoms with Crippen molar-refractivity contribution >= 4 is 5.91 Å². The predicted molar refractivity (Wildman–Crippen MR) is 111 cm³/mol. The monoisotopic (exact) mass is 389 g/mol. The second kappa shape index (κ2) is 8.55. The van der Waals surface area contributed by atoms with Gasteiger partial charge in [-0.15, -0.1) is 5.10 Å². The Labute approximate surface area is 171 Å². The Morgan fingerprint density at radius 3 is 2.34 bits per heavy atom. The molecule has 0 saturated heterocycles. The molecule has 1 heterocycles. The van der Waals surface area contributed by atoms with E-state index in [2.05, 4.69) is 59.0 Å². The van der Waals surface area contributed by atoms with E-state index in [1.165, 1.54) is 24.0 Å². The van der Waals surface area contributed by atoms with E-state index in [0.29, 0.717) is 18.3 Å². The van der Waals surface area contributed by atoms with Crippen LogP contribution < -0.4 is 5.32 Å². The molecule has 1 atom stereocenters. The fourth-order valence-corrected chi connectivity index (χ4v) is 3.69. The van der Waals surface area contributed by atoms with Gasteiger partial charge in [-0.2, -0.15) is 0 Å². The van der Waals surface area contributed by atoms with Gasteiger partial charge in [0.25, 0.3) is 0 Å². The van der Waals surface area contributed by atoms with Crippen molar-refractivity contribution in [1.82, 2.24) is 25.5 Å². The quantitative estimate of drug-likeness (QED) is 0.638. The third kappa shape index (κ3) is 5.08. The minimum Gasteiger partial charge on any atom is -0.349 e. The van der Waals surface area contributed by atoms with E-state index in [-0.39, 0.29) is 11.9 Å². The molecule has 0 aliphatic heterocycles. The summed E-state index contributed by atoms with van der Waals surface area (Å²) in [5, 5.41) is 14.4. The van der Waals surface area contributed by atoms with Gasteiger partial charge >= 0.3 is 0 Å². The normalized spacial score (nSPS) is 14.7. The Bertz CT molecular complexity index is 928. The summed E-state index contributed by atoms with van der Waals surface area (Å²) in [5.41, 5.74) is 4.41. The van der Waals surface area contributed by atoms with E-state index in [1.54, 1.807) is 11.0 Å². The van der Waals surface area contributed by atoms with E-state index in [1.807, 2.05) is 24.3 Å². The summed E-state index contributed by atoms with van der Waals surface area (Å²) < 4.78 is 1.59. The third-order valence-electron chi connectivity index (χ3n) is 5.31. The van der Waals surface area contributed by atoms with Crippen molar-refractivity contribution in [2.75, 3.05) is 0 Å². The van der Waals surface area contributed by atoms with Gasteiger partial charge < -0.3 is 5.32 Å². The Morgan fingerprint density at radius 2 is 1.76 bits per heavy atom. The van der Waals surface area contributed by atoms with Gasteiger partial charge in [0.05, 0.1) is 18.2 Å². The second-order valence-corrected chi connectivity index (χ2v) is 8.32. The van der Waals surface area contributed by atoms with Crippen molar-refractivity contribution in [1.29, 1.82) is 0 Å². The molecule has 1 N–H and O–H groups in total. The minimum atomic E-state index is 0.0586. The van der Waals surface area contributed by atoms with Gasteiger partial charge in [0.15, 0.2) is 0 Å². The number of hydrogen-bond acceptors (Lipinski definition) is 4. The fraction of sp³-hybridized carbons (Fsp3) is 0.391. The first-order valence-corrected chi connectivity index (χ1v) is 10.3. The number of carbonyl (C=O) groups excluding carboxylic acids is 1. The van der Waals surface area contributed by atoms with Crippen LogP contribution in [-0.2, 0) is 17.6 Å². The number of amides is 1. The molecule has 0 bridgehead atoms. The van der Waals surface area contributed by atoms with Crippen molar-refractivity contribution in [3.63, 3.8) is 0 Å². The fourth-order valence-electron chi connectivity index (χ4n) is 3.69. The summed E-state index contributed by atoms with van der Waals surface area (Å²) in [5.74, 6) is 1.26. The van der Waals surface area contributed by atoms with Crippen LogP contribution in [0.25, 0.3) is 5.69 Å². The zero-order valence-corrected chi connectivity index (χ0v) is 17.0. The van der Waals surface area contributed by atoms with Crippen LogP contribution in [0.3, 0.4) is 0 Å². The molecular formula is C23H27N5O. The molecule has 1 amide bonds. The largest absolute Gasteiger partial charge is 0.349 e. The zero-order chi connectivity index (χ0) is 20.2. The van der Waals surface area contributed by atoms with E-state index >= 15 is 0 Å². The lowest BCUT2D eigenvalue weighted by Crippen LogP contribution is -2.31. The molecule has 6 nitrogen and oxygen atoms in total. The lowest BCUT2D eigenvalue weighted by molar-refractivity contribution is -0.121. The van der Waals surface area contributed by atoms with Crippen LogP contribution >= 0.6 is 0 Å². The SMILES string of the molecule is CC(C)Cc1ccc(C(NC(=O)Cc2ccc(-n3cnnn3)cc2)C2CC2)cc1. The van der Waals surface area contributed by atoms with Gasteiger partial charge in [-0.05, 0) is 70.3 Å². The first kappa shape index (κ1) is 19.3. The average Bonchev–Trinajstić information content (AvgIpc) is 3.40. The summed E-state index contributed by atoms with van der Waals surface area (Å²) >= 11 is 0. The molecule has 29 heavy (non-hydrogen) atoms. The molecule has 0 radical (unpaired) electrons. The lowest BCUT2D eigenvalue weighted by Gasteiger charge is -2.19. The number of rotatable bonds is 8. The number of nitrogens with zero attached hydrogens (tertiary/aromatic N) is 4. The Hall–Kier alpha value is -3.02. The second-order valence-electron chi connectivity index (χ2n) is 8.32. The molecule has 2 aromatic carbocycles. The lowest BCUT2D eigenvalue weighted by atomic mass is 9.97. The highest BCUT2D eigenvalue weighted by molar-refractivity contribution is 5.79. The molecule has 1 aliphatic rings. The van der Waals surface area contributed by atoms with E-state index in [4.69, 9.17) is 0 Å². The predicted octanol–water partition coefficient (Wildman–Crippen LogP) is 3.67. The molecule has 1 saturated carbocycles. The maximum atomic E-state index is 12.7. The summed E-state index contributed by atoms with van der Waals surface area (Å²) in [6.45, 7) is 4.47. The van der Waals surface area contributed by atoms with E-state index in [9.17, 15) is 4.79 Å². The number of tetrazole rings is 1. The van der Waals surface area contributed by atoms with Crippen molar-refractivity contribution in [2.45, 2.75) is 45.6 Å². The number of benzene rings is 2. The summed E-state index contributed by atoms with van der Waals surface area (Å²) in [6, 6.07) is 16.6. The highest BCUT2D eigenvalue weighted by Gasteiger charge is 2.33. The third-order valence-corrected chi connectivity index (χ3v) is 5.31. The van der Waals surface area contributed by atoms with Crippen molar-refractivity contribution < 1.29 is 4.79 Å². The van der Waals surface area contributed by atoms with Crippen LogP contribution in [0.5, 0.6) is 0 Å². The molecule has 150 valence electrons. The maximum absolute atomic E-state index is 12.7. The Balaban J connectivity index is 1.39. The summed E-state index contributed by atoms with van der Waals surface area (Å²) in [6.07, 6.45) is 5.36. The van der Waals surface area contributed by atoms with Crippen LogP contribution in [0.4, 0.5) is 0 Å². The Kier molecular flexibility index (Phi) is 5.69. The van der Waals surface area contributed by atoms with Crippen LogP contribution in [0.1, 0.15) is 49.4 Å². The maximum Gasteiger partial charge on any atom is 0.224 e. The number of nitrogens with one attached hydrogen (secondary N) is 1. The standard InChI is InChI=1S/C23H27N5O/c1-16(2)13-17-3-7-19(8-4-17)23(20-9-10-20)25-22(29)14-18-5-11-21(12-6-18)28-15-24-26-27-28/h3-8,11-12,15-16,20,23H,9-10,13-14H2,1-2H3,(H,25,29). The highest BCUT2D eigenvalue weighted by Crippen LogP contribution is 2.41. The number of carbonyl (C=O) groups is 1. The van der Waals surface area contributed by atoms with Crippen LogP contribution in [0.15, 0.2) is 54.9 Å². The van der Waals surface area contributed by atoms with Crippen LogP contribution in [-0.4, -0.2) is 26.1 Å². The molecule has 3 aromatic rings. The van der Waals surface area contributed by atoms with Gasteiger partial charge in [0.2, 0.25) is 5.91 Å². The average molecular weight is 390 g/mol. The molecule has 1 unspecified atom stereocenters. The van der Waals surface area contributed by atoms with Gasteiger partial charge in [-0.3, -0.25) is 4.79 Å². The topological polar surface area (TPSA) is 72.7 Å². The zero-order valence-electron chi connectivity index (χ0n) is 17.0. The van der Waals surface area contributed by atoms with Gasteiger partial charge in [0.1, 0.15) is 6.33 Å². The van der Waals surface area contributed by atoms with Gasteiger partial charge in [-0.25, -0.2) is 4.68 Å². The Morgan fingerprint density at radius 1 is 1.07 bits per heavy atom. The summed E-state index contributed by atoms with van der Waals surface area (Å²) in [4.78, 5) is 12.7. The molecule has 1 fully saturated rings. The van der Waals surface area contributed by atoms with Crippen molar-refractivity contribution in [3.8, 4) is 5.69 Å².